The number of alkyl halides is 1. The van der Waals surface area contributed by atoms with E-state index < -0.39 is 11.6 Å². The maximum absolute atomic E-state index is 12.6. The summed E-state index contributed by atoms with van der Waals surface area (Å²) < 4.78 is 12.6. The van der Waals surface area contributed by atoms with Gasteiger partial charge in [0.2, 0.25) is 0 Å². The first-order valence-corrected chi connectivity index (χ1v) is 2.57. The topological polar surface area (TPSA) is 23.8 Å². The van der Waals surface area contributed by atoms with Gasteiger partial charge in [0.1, 0.15) is 5.67 Å². The van der Waals surface area contributed by atoms with Gasteiger partial charge in [-0.2, -0.15) is 5.26 Å². The van der Waals surface area contributed by atoms with Crippen molar-refractivity contribution in [1.82, 2.24) is 0 Å². The molecule has 0 aromatic rings. The highest BCUT2D eigenvalue weighted by Crippen LogP contribution is 2.18. The fourth-order valence-corrected chi connectivity index (χ4v) is 0.153. The predicted octanol–water partition coefficient (Wildman–Crippen LogP) is 1.89. The molecule has 0 bridgehead atoms. The Bertz CT molecular complexity index is 107. The zero-order chi connectivity index (χ0) is 6.78. The Morgan fingerprint density at radius 2 is 2.00 bits per heavy atom. The predicted molar refractivity (Wildman–Crippen MR) is 30.0 cm³/mol. The molecule has 0 saturated heterocycles. The molecule has 1 unspecified atom stereocenters. The molecule has 0 amide bonds. The molecule has 0 aromatic carbocycles. The van der Waals surface area contributed by atoms with Crippen LogP contribution >= 0.6 is 0 Å². The van der Waals surface area contributed by atoms with E-state index in [0.29, 0.717) is 0 Å². The van der Waals surface area contributed by atoms with Crippen molar-refractivity contribution in [1.29, 1.82) is 5.26 Å². The molecular formula is C6H10FN. The van der Waals surface area contributed by atoms with Crippen LogP contribution in [0, 0.1) is 17.2 Å². The van der Waals surface area contributed by atoms with Crippen LogP contribution in [0.1, 0.15) is 20.8 Å². The van der Waals surface area contributed by atoms with Gasteiger partial charge in [-0.15, -0.1) is 0 Å². The summed E-state index contributed by atoms with van der Waals surface area (Å²) in [7, 11) is 0. The van der Waals surface area contributed by atoms with Gasteiger partial charge in [0.05, 0.1) is 12.0 Å². The third-order valence-corrected chi connectivity index (χ3v) is 1.22. The van der Waals surface area contributed by atoms with Crippen molar-refractivity contribution in [2.75, 3.05) is 0 Å². The number of halogens is 1. The third-order valence-electron chi connectivity index (χ3n) is 1.22. The summed E-state index contributed by atoms with van der Waals surface area (Å²) in [6, 6.07) is 1.83. The normalized spacial score (nSPS) is 14.9. The summed E-state index contributed by atoms with van der Waals surface area (Å²) in [5, 5.41) is 8.18. The highest BCUT2D eigenvalue weighted by atomic mass is 19.1. The number of rotatable bonds is 1. The Labute approximate surface area is 49.1 Å². The summed E-state index contributed by atoms with van der Waals surface area (Å²) >= 11 is 0. The molecule has 0 aromatic heterocycles. The minimum absolute atomic E-state index is 0.512. The van der Waals surface area contributed by atoms with Gasteiger partial charge in [-0.1, -0.05) is 0 Å². The second-order valence-electron chi connectivity index (χ2n) is 2.42. The monoisotopic (exact) mass is 115 g/mol. The molecule has 2 heteroatoms. The summed E-state index contributed by atoms with van der Waals surface area (Å²) in [6.07, 6.45) is 0. The molecule has 0 radical (unpaired) electrons. The lowest BCUT2D eigenvalue weighted by Gasteiger charge is -2.14. The van der Waals surface area contributed by atoms with Gasteiger partial charge in [-0.05, 0) is 20.8 Å². The van der Waals surface area contributed by atoms with E-state index in [0.717, 1.165) is 0 Å². The third kappa shape index (κ3) is 1.92. The minimum atomic E-state index is -1.35. The fourth-order valence-electron chi connectivity index (χ4n) is 0.153. The molecule has 0 saturated carbocycles. The quantitative estimate of drug-likeness (QED) is 0.512. The molecule has 0 aliphatic rings. The SMILES string of the molecule is CC(C#N)C(C)(C)F. The lowest BCUT2D eigenvalue weighted by Crippen LogP contribution is -2.21. The Hall–Kier alpha value is -0.580. The molecule has 1 nitrogen and oxygen atoms in total. The van der Waals surface area contributed by atoms with Gasteiger partial charge in [0.15, 0.2) is 0 Å². The van der Waals surface area contributed by atoms with Crippen molar-refractivity contribution in [3.63, 3.8) is 0 Å². The largest absolute Gasteiger partial charge is 0.243 e. The van der Waals surface area contributed by atoms with Crippen molar-refractivity contribution in [2.45, 2.75) is 26.4 Å². The van der Waals surface area contributed by atoms with Crippen molar-refractivity contribution in [2.24, 2.45) is 5.92 Å². The molecule has 0 rings (SSSR count). The summed E-state index contributed by atoms with van der Waals surface area (Å²) in [6.45, 7) is 4.38. The molecule has 0 spiro atoms. The van der Waals surface area contributed by atoms with Crippen LogP contribution in [0.3, 0.4) is 0 Å². The van der Waals surface area contributed by atoms with Crippen LogP contribution in [0.4, 0.5) is 4.39 Å². The van der Waals surface area contributed by atoms with Crippen molar-refractivity contribution in [3.8, 4) is 6.07 Å². The maximum Gasteiger partial charge on any atom is 0.121 e. The molecule has 0 fully saturated rings. The first-order valence-electron chi connectivity index (χ1n) is 2.57. The van der Waals surface area contributed by atoms with Crippen LogP contribution in [-0.4, -0.2) is 5.67 Å². The summed E-state index contributed by atoms with van der Waals surface area (Å²) in [4.78, 5) is 0. The average molecular weight is 115 g/mol. The molecule has 8 heavy (non-hydrogen) atoms. The van der Waals surface area contributed by atoms with Gasteiger partial charge in [0, 0.05) is 0 Å². The smallest absolute Gasteiger partial charge is 0.121 e. The fraction of sp³-hybridized carbons (Fsp3) is 0.833. The Morgan fingerprint density at radius 1 is 1.62 bits per heavy atom. The zero-order valence-corrected chi connectivity index (χ0v) is 5.40. The average Bonchev–Trinajstić information content (AvgIpc) is 1.62. The Kier molecular flexibility index (Phi) is 1.97. The van der Waals surface area contributed by atoms with Crippen LogP contribution < -0.4 is 0 Å². The maximum atomic E-state index is 12.6. The van der Waals surface area contributed by atoms with E-state index in [9.17, 15) is 4.39 Å². The van der Waals surface area contributed by atoms with Crippen molar-refractivity contribution >= 4 is 0 Å². The summed E-state index contributed by atoms with van der Waals surface area (Å²) in [5.41, 5.74) is -1.35. The second-order valence-corrected chi connectivity index (χ2v) is 2.42. The highest BCUT2D eigenvalue weighted by molar-refractivity contribution is 4.90. The van der Waals surface area contributed by atoms with E-state index in [1.165, 1.54) is 13.8 Å². The van der Waals surface area contributed by atoms with Crippen LogP contribution in [0.2, 0.25) is 0 Å². The molecular weight excluding hydrogens is 105 g/mol. The van der Waals surface area contributed by atoms with Crippen molar-refractivity contribution < 1.29 is 4.39 Å². The number of nitrogens with zero attached hydrogens (tertiary/aromatic N) is 1. The molecule has 1 atom stereocenters. The van der Waals surface area contributed by atoms with E-state index in [4.69, 9.17) is 5.26 Å². The van der Waals surface area contributed by atoms with Crippen LogP contribution in [0.15, 0.2) is 0 Å². The molecule has 0 aliphatic carbocycles. The lowest BCUT2D eigenvalue weighted by atomic mass is 9.97. The minimum Gasteiger partial charge on any atom is -0.243 e. The van der Waals surface area contributed by atoms with E-state index >= 15 is 0 Å². The van der Waals surface area contributed by atoms with Crippen LogP contribution in [0.25, 0.3) is 0 Å². The molecule has 0 N–H and O–H groups in total. The first-order chi connectivity index (χ1) is 3.48. The van der Waals surface area contributed by atoms with Gasteiger partial charge in [0.25, 0.3) is 0 Å². The van der Waals surface area contributed by atoms with Gasteiger partial charge in [-0.25, -0.2) is 4.39 Å². The zero-order valence-electron chi connectivity index (χ0n) is 5.40. The Balaban J connectivity index is 3.87. The van der Waals surface area contributed by atoms with Gasteiger partial charge >= 0.3 is 0 Å². The van der Waals surface area contributed by atoms with E-state index in [-0.39, 0.29) is 0 Å². The van der Waals surface area contributed by atoms with Crippen molar-refractivity contribution in [3.05, 3.63) is 0 Å². The number of hydrogen-bond donors (Lipinski definition) is 0. The molecule has 0 heterocycles. The lowest BCUT2D eigenvalue weighted by molar-refractivity contribution is 0.169. The summed E-state index contributed by atoms with van der Waals surface area (Å²) in [5.74, 6) is -0.512. The highest BCUT2D eigenvalue weighted by Gasteiger charge is 2.23. The molecule has 46 valence electrons. The first kappa shape index (κ1) is 7.42. The Morgan fingerprint density at radius 3 is 2.00 bits per heavy atom. The van der Waals surface area contributed by atoms with Crippen LogP contribution in [0.5, 0.6) is 0 Å². The van der Waals surface area contributed by atoms with E-state index in [1.807, 2.05) is 6.07 Å². The standard InChI is InChI=1S/C6H10FN/c1-5(4-8)6(2,3)7/h5H,1-3H3. The van der Waals surface area contributed by atoms with Crippen LogP contribution in [-0.2, 0) is 0 Å². The number of nitriles is 1. The molecule has 0 aliphatic heterocycles. The second kappa shape index (κ2) is 2.13. The van der Waals surface area contributed by atoms with E-state index in [1.54, 1.807) is 6.92 Å². The van der Waals surface area contributed by atoms with Gasteiger partial charge < -0.3 is 0 Å². The van der Waals surface area contributed by atoms with E-state index in [2.05, 4.69) is 0 Å². The number of hydrogen-bond acceptors (Lipinski definition) is 1. The van der Waals surface area contributed by atoms with Gasteiger partial charge in [-0.3, -0.25) is 0 Å².